The molecule has 9 nitrogen and oxygen atoms in total. The summed E-state index contributed by atoms with van der Waals surface area (Å²) < 4.78 is 0. The highest BCUT2D eigenvalue weighted by atomic mass is 16.4. The number of aromatic carboxylic acids is 1. The third kappa shape index (κ3) is 3.26. The zero-order valence-electron chi connectivity index (χ0n) is 11.1. The molecule has 2 aromatic rings. The zero-order valence-corrected chi connectivity index (χ0v) is 11.1. The van der Waals surface area contributed by atoms with Crippen molar-refractivity contribution in [2.24, 2.45) is 0 Å². The van der Waals surface area contributed by atoms with Crippen LogP contribution in [0.4, 0.5) is 10.5 Å². The number of anilines is 1. The molecule has 1 aromatic heterocycles. The molecule has 0 saturated heterocycles. The second-order valence-corrected chi connectivity index (χ2v) is 4.23. The van der Waals surface area contributed by atoms with Crippen LogP contribution in [0.3, 0.4) is 0 Å². The predicted octanol–water partition coefficient (Wildman–Crippen LogP) is 0.872. The van der Waals surface area contributed by atoms with E-state index in [1.54, 1.807) is 0 Å². The second kappa shape index (κ2) is 5.90. The van der Waals surface area contributed by atoms with Gasteiger partial charge in [-0.3, -0.25) is 5.10 Å². The van der Waals surface area contributed by atoms with Crippen LogP contribution in [0.2, 0.25) is 0 Å². The molecule has 0 saturated carbocycles. The largest absolute Gasteiger partial charge is 0.505 e. The molecular formula is C12H13N5O4. The molecule has 0 aliphatic heterocycles. The van der Waals surface area contributed by atoms with Crippen LogP contribution in [0.15, 0.2) is 24.5 Å². The lowest BCUT2D eigenvalue weighted by Crippen LogP contribution is -2.31. The number of benzene rings is 1. The normalized spacial score (nSPS) is 10.1. The number of hydrogen-bond donors (Lipinski definition) is 4. The summed E-state index contributed by atoms with van der Waals surface area (Å²) in [5, 5.41) is 27.4. The summed E-state index contributed by atoms with van der Waals surface area (Å²) in [6.45, 7) is 0.186. The summed E-state index contributed by atoms with van der Waals surface area (Å²) in [7, 11) is 1.52. The third-order valence-electron chi connectivity index (χ3n) is 2.71. The lowest BCUT2D eigenvalue weighted by molar-refractivity contribution is 0.0693. The predicted molar refractivity (Wildman–Crippen MR) is 71.9 cm³/mol. The van der Waals surface area contributed by atoms with E-state index in [2.05, 4.69) is 20.5 Å². The number of nitrogens with zero attached hydrogens (tertiary/aromatic N) is 3. The number of aromatic amines is 1. The van der Waals surface area contributed by atoms with E-state index < -0.39 is 17.7 Å². The van der Waals surface area contributed by atoms with E-state index in [1.165, 1.54) is 36.5 Å². The van der Waals surface area contributed by atoms with Gasteiger partial charge in [-0.25, -0.2) is 14.6 Å². The molecule has 0 radical (unpaired) electrons. The molecule has 4 N–H and O–H groups in total. The molecule has 1 aromatic carbocycles. The van der Waals surface area contributed by atoms with Crippen molar-refractivity contribution in [3.8, 4) is 5.75 Å². The first kappa shape index (κ1) is 14.3. The summed E-state index contributed by atoms with van der Waals surface area (Å²) in [5.74, 6) is -1.28. The maximum absolute atomic E-state index is 12.0. The minimum Gasteiger partial charge on any atom is -0.505 e. The molecule has 21 heavy (non-hydrogen) atoms. The average Bonchev–Trinajstić information content (AvgIpc) is 2.93. The number of carbonyl (C=O) groups is 2. The van der Waals surface area contributed by atoms with Gasteiger partial charge < -0.3 is 20.4 Å². The fourth-order valence-corrected chi connectivity index (χ4v) is 1.63. The smallest absolute Gasteiger partial charge is 0.339 e. The molecule has 0 spiro atoms. The molecule has 0 unspecified atom stereocenters. The number of phenols is 1. The fraction of sp³-hybridized carbons (Fsp3) is 0.167. The van der Waals surface area contributed by atoms with Gasteiger partial charge in [0.2, 0.25) is 0 Å². The van der Waals surface area contributed by atoms with E-state index in [9.17, 15) is 14.7 Å². The van der Waals surface area contributed by atoms with Crippen LogP contribution in [0.25, 0.3) is 0 Å². The van der Waals surface area contributed by atoms with Crippen LogP contribution in [-0.2, 0) is 6.54 Å². The number of urea groups is 1. The van der Waals surface area contributed by atoms with Crippen LogP contribution in [0.1, 0.15) is 16.2 Å². The van der Waals surface area contributed by atoms with Crippen LogP contribution in [0, 0.1) is 0 Å². The molecule has 2 amide bonds. The Kier molecular flexibility index (Phi) is 4.02. The highest BCUT2D eigenvalue weighted by Gasteiger charge is 2.16. The first-order valence-electron chi connectivity index (χ1n) is 5.90. The number of aromatic hydroxyl groups is 1. The van der Waals surface area contributed by atoms with E-state index in [0.29, 0.717) is 5.82 Å². The summed E-state index contributed by atoms with van der Waals surface area (Å²) in [6, 6.07) is 3.55. The van der Waals surface area contributed by atoms with Crippen molar-refractivity contribution in [1.29, 1.82) is 0 Å². The first-order valence-corrected chi connectivity index (χ1v) is 5.90. The number of amides is 2. The van der Waals surface area contributed by atoms with E-state index in [4.69, 9.17) is 5.11 Å². The molecule has 110 valence electrons. The SMILES string of the molecule is CN(Cc1ncn[nH]1)C(=O)Nc1cccc(C(=O)O)c1O. The fourth-order valence-electron chi connectivity index (χ4n) is 1.63. The molecule has 2 rings (SSSR count). The Balaban J connectivity index is 2.09. The molecule has 0 aliphatic rings. The van der Waals surface area contributed by atoms with Gasteiger partial charge in [-0.2, -0.15) is 5.10 Å². The first-order chi connectivity index (χ1) is 9.99. The van der Waals surface area contributed by atoms with E-state index >= 15 is 0 Å². The van der Waals surface area contributed by atoms with Gasteiger partial charge in [0.1, 0.15) is 17.7 Å². The Morgan fingerprint density at radius 3 is 2.81 bits per heavy atom. The molecule has 1 heterocycles. The summed E-state index contributed by atoms with van der Waals surface area (Å²) in [5.41, 5.74) is -0.269. The second-order valence-electron chi connectivity index (χ2n) is 4.23. The number of aromatic nitrogens is 3. The van der Waals surface area contributed by atoms with Crippen LogP contribution in [-0.4, -0.2) is 49.3 Å². The Bertz CT molecular complexity index is 656. The minimum absolute atomic E-state index is 0.0179. The molecule has 9 heteroatoms. The maximum atomic E-state index is 12.0. The number of nitrogens with one attached hydrogen (secondary N) is 2. The topological polar surface area (TPSA) is 131 Å². The van der Waals surface area contributed by atoms with Crippen molar-refractivity contribution in [1.82, 2.24) is 20.1 Å². The zero-order chi connectivity index (χ0) is 15.4. The van der Waals surface area contributed by atoms with Gasteiger partial charge in [0, 0.05) is 7.05 Å². The summed E-state index contributed by atoms with van der Waals surface area (Å²) in [4.78, 5) is 28.1. The van der Waals surface area contributed by atoms with E-state index in [0.717, 1.165) is 0 Å². The Morgan fingerprint density at radius 2 is 2.19 bits per heavy atom. The van der Waals surface area contributed by atoms with E-state index in [-0.39, 0.29) is 17.8 Å². The Morgan fingerprint density at radius 1 is 1.43 bits per heavy atom. The Hall–Kier alpha value is -3.10. The summed E-state index contributed by atoms with van der Waals surface area (Å²) >= 11 is 0. The van der Waals surface area contributed by atoms with Gasteiger partial charge >= 0.3 is 12.0 Å². The highest BCUT2D eigenvalue weighted by Crippen LogP contribution is 2.27. The van der Waals surface area contributed by atoms with Crippen molar-refractivity contribution >= 4 is 17.7 Å². The average molecular weight is 291 g/mol. The number of rotatable bonds is 4. The van der Waals surface area contributed by atoms with Gasteiger partial charge in [-0.1, -0.05) is 6.07 Å². The number of hydrogen-bond acceptors (Lipinski definition) is 5. The van der Waals surface area contributed by atoms with Crippen LogP contribution in [0.5, 0.6) is 5.75 Å². The minimum atomic E-state index is -1.28. The number of para-hydroxylation sites is 1. The number of carboxylic acids is 1. The standard InChI is InChI=1S/C12H13N5O4/c1-17(5-9-13-6-14-16-9)12(21)15-8-4-2-3-7(10(8)18)11(19)20/h2-4,6,18H,5H2,1H3,(H,15,21)(H,19,20)(H,13,14,16). The van der Waals surface area contributed by atoms with Gasteiger partial charge in [0.25, 0.3) is 0 Å². The third-order valence-corrected chi connectivity index (χ3v) is 2.71. The monoisotopic (exact) mass is 291 g/mol. The van der Waals surface area contributed by atoms with Gasteiger partial charge in [0.15, 0.2) is 5.75 Å². The van der Waals surface area contributed by atoms with E-state index in [1.807, 2.05) is 0 Å². The lowest BCUT2D eigenvalue weighted by atomic mass is 10.1. The lowest BCUT2D eigenvalue weighted by Gasteiger charge is -2.17. The highest BCUT2D eigenvalue weighted by molar-refractivity contribution is 5.97. The van der Waals surface area contributed by atoms with Crippen LogP contribution < -0.4 is 5.32 Å². The molecule has 0 aliphatic carbocycles. The van der Waals surface area contributed by atoms with Gasteiger partial charge in [-0.15, -0.1) is 0 Å². The van der Waals surface area contributed by atoms with Crippen molar-refractivity contribution < 1.29 is 19.8 Å². The van der Waals surface area contributed by atoms with Crippen molar-refractivity contribution in [2.75, 3.05) is 12.4 Å². The van der Waals surface area contributed by atoms with Crippen molar-refractivity contribution in [3.63, 3.8) is 0 Å². The number of carboxylic acid groups (broad SMARTS) is 1. The van der Waals surface area contributed by atoms with Crippen molar-refractivity contribution in [2.45, 2.75) is 6.54 Å². The number of H-pyrrole nitrogens is 1. The van der Waals surface area contributed by atoms with Crippen molar-refractivity contribution in [3.05, 3.63) is 35.9 Å². The molecule has 0 fully saturated rings. The van der Waals surface area contributed by atoms with Gasteiger partial charge in [0.05, 0.1) is 12.2 Å². The molecular weight excluding hydrogens is 278 g/mol. The molecule has 0 atom stereocenters. The summed E-state index contributed by atoms with van der Waals surface area (Å²) in [6.07, 6.45) is 1.32. The number of carbonyl (C=O) groups excluding carboxylic acids is 1. The Labute approximate surface area is 119 Å². The molecule has 0 bridgehead atoms. The van der Waals surface area contributed by atoms with Gasteiger partial charge in [-0.05, 0) is 12.1 Å². The quantitative estimate of drug-likeness (QED) is 0.618. The maximum Gasteiger partial charge on any atom is 0.339 e. The van der Waals surface area contributed by atoms with Crippen LogP contribution >= 0.6 is 0 Å².